The number of carbonyl (C=O) groups is 3. The van der Waals surface area contributed by atoms with Gasteiger partial charge in [0, 0.05) is 29.3 Å². The molecular formula is C23H28N2O5. The van der Waals surface area contributed by atoms with Crippen LogP contribution in [0.25, 0.3) is 0 Å². The Hall–Kier alpha value is -3.35. The number of hydrogen-bond donors (Lipinski definition) is 2. The van der Waals surface area contributed by atoms with Crippen LogP contribution in [0.2, 0.25) is 0 Å². The van der Waals surface area contributed by atoms with Gasteiger partial charge in [0.1, 0.15) is 0 Å². The van der Waals surface area contributed by atoms with Gasteiger partial charge in [-0.1, -0.05) is 13.8 Å². The summed E-state index contributed by atoms with van der Waals surface area (Å²) in [7, 11) is 1.51. The normalized spacial score (nSPS) is 10.4. The van der Waals surface area contributed by atoms with Crippen molar-refractivity contribution >= 4 is 29.0 Å². The molecule has 2 aromatic rings. The Morgan fingerprint density at radius 1 is 0.933 bits per heavy atom. The van der Waals surface area contributed by atoms with Gasteiger partial charge in [0.05, 0.1) is 13.7 Å². The first-order valence-electron chi connectivity index (χ1n) is 9.82. The van der Waals surface area contributed by atoms with E-state index in [1.54, 1.807) is 42.5 Å². The molecule has 2 aromatic carbocycles. The number of ketones is 1. The molecule has 7 heteroatoms. The summed E-state index contributed by atoms with van der Waals surface area (Å²) in [5.41, 5.74) is 1.89. The number of carbonyl (C=O) groups excluding carboxylic acids is 3. The minimum absolute atomic E-state index is 0.0492. The number of ether oxygens (including phenoxy) is 2. The molecule has 0 heterocycles. The third kappa shape index (κ3) is 6.92. The summed E-state index contributed by atoms with van der Waals surface area (Å²) >= 11 is 0. The van der Waals surface area contributed by atoms with Crippen LogP contribution in [-0.4, -0.2) is 31.3 Å². The average Bonchev–Trinajstić information content (AvgIpc) is 2.72. The van der Waals surface area contributed by atoms with Crippen LogP contribution in [-0.2, 0) is 9.59 Å². The molecule has 7 nitrogen and oxygen atoms in total. The van der Waals surface area contributed by atoms with Crippen LogP contribution in [0.5, 0.6) is 11.5 Å². The Labute approximate surface area is 176 Å². The van der Waals surface area contributed by atoms with Gasteiger partial charge in [-0.25, -0.2) is 0 Å². The predicted octanol–water partition coefficient (Wildman–Crippen LogP) is 4.29. The van der Waals surface area contributed by atoms with Crippen LogP contribution in [0, 0.1) is 5.92 Å². The number of rotatable bonds is 10. The maximum Gasteiger partial charge on any atom is 0.226 e. The summed E-state index contributed by atoms with van der Waals surface area (Å²) in [6.07, 6.45) is 0.811. The first-order chi connectivity index (χ1) is 14.3. The lowest BCUT2D eigenvalue weighted by Gasteiger charge is -2.12. The molecule has 0 unspecified atom stereocenters. The van der Waals surface area contributed by atoms with Crippen molar-refractivity contribution in [2.24, 2.45) is 5.92 Å². The highest BCUT2D eigenvalue weighted by molar-refractivity contribution is 5.95. The van der Waals surface area contributed by atoms with Crippen molar-refractivity contribution < 1.29 is 23.9 Å². The van der Waals surface area contributed by atoms with E-state index in [1.165, 1.54) is 14.0 Å². The lowest BCUT2D eigenvalue weighted by atomic mass is 10.1. The second-order valence-electron chi connectivity index (χ2n) is 7.14. The molecule has 0 radical (unpaired) electrons. The largest absolute Gasteiger partial charge is 0.493 e. The Kier molecular flexibility index (Phi) is 8.41. The summed E-state index contributed by atoms with van der Waals surface area (Å²) in [4.78, 5) is 35.3. The highest BCUT2D eigenvalue weighted by atomic mass is 16.5. The zero-order valence-electron chi connectivity index (χ0n) is 17.8. The Morgan fingerprint density at radius 3 is 2.13 bits per heavy atom. The molecule has 2 amide bonds. The Morgan fingerprint density at radius 2 is 1.57 bits per heavy atom. The number of hydrogen-bond acceptors (Lipinski definition) is 5. The van der Waals surface area contributed by atoms with Gasteiger partial charge in [-0.05, 0) is 55.8 Å². The second-order valence-corrected chi connectivity index (χ2v) is 7.14. The fraction of sp³-hybridized carbons (Fsp3) is 0.348. The highest BCUT2D eigenvalue weighted by Gasteiger charge is 2.10. The van der Waals surface area contributed by atoms with Gasteiger partial charge >= 0.3 is 0 Å². The SMILES string of the molecule is COc1cc(C(C)=O)ccc1OCCCC(=O)Nc1ccc(NC(=O)C(C)C)cc1. The van der Waals surface area contributed by atoms with Gasteiger partial charge in [-0.3, -0.25) is 14.4 Å². The van der Waals surface area contributed by atoms with Gasteiger partial charge < -0.3 is 20.1 Å². The molecule has 2 N–H and O–H groups in total. The number of Topliss-reactive ketones (excluding diaryl/α,β-unsaturated/α-hetero) is 1. The van der Waals surface area contributed by atoms with Gasteiger partial charge in [0.2, 0.25) is 11.8 Å². The van der Waals surface area contributed by atoms with E-state index in [2.05, 4.69) is 10.6 Å². The van der Waals surface area contributed by atoms with Crippen molar-refractivity contribution in [2.45, 2.75) is 33.6 Å². The molecule has 0 spiro atoms. The van der Waals surface area contributed by atoms with Gasteiger partial charge in [-0.15, -0.1) is 0 Å². The lowest BCUT2D eigenvalue weighted by Crippen LogP contribution is -2.17. The van der Waals surface area contributed by atoms with E-state index in [9.17, 15) is 14.4 Å². The topological polar surface area (TPSA) is 93.7 Å². The molecule has 0 saturated heterocycles. The van der Waals surface area contributed by atoms with Crippen LogP contribution in [0.4, 0.5) is 11.4 Å². The van der Waals surface area contributed by atoms with Crippen LogP contribution in [0.15, 0.2) is 42.5 Å². The minimum Gasteiger partial charge on any atom is -0.493 e. The summed E-state index contributed by atoms with van der Waals surface area (Å²) in [6.45, 7) is 5.47. The first-order valence-corrected chi connectivity index (χ1v) is 9.82. The molecule has 0 atom stereocenters. The molecule has 0 aliphatic rings. The number of benzene rings is 2. The van der Waals surface area contributed by atoms with Crippen LogP contribution in [0.3, 0.4) is 0 Å². The maximum absolute atomic E-state index is 12.1. The standard InChI is InChI=1S/C23H28N2O5/c1-15(2)23(28)25-19-10-8-18(9-11-19)24-22(27)6-5-13-30-20-12-7-17(16(3)26)14-21(20)29-4/h7-12,14-15H,5-6,13H2,1-4H3,(H,24,27)(H,25,28). The van der Waals surface area contributed by atoms with Crippen molar-refractivity contribution in [3.05, 3.63) is 48.0 Å². The number of methoxy groups -OCH3 is 1. The fourth-order valence-electron chi connectivity index (χ4n) is 2.57. The molecule has 160 valence electrons. The summed E-state index contributed by atoms with van der Waals surface area (Å²) in [5.74, 6) is 0.681. The van der Waals surface area contributed by atoms with E-state index in [-0.39, 0.29) is 23.5 Å². The molecule has 0 bridgehead atoms. The summed E-state index contributed by atoms with van der Waals surface area (Å²) in [6, 6.07) is 12.0. The second kappa shape index (κ2) is 11.0. The van der Waals surface area contributed by atoms with E-state index in [1.807, 2.05) is 13.8 Å². The van der Waals surface area contributed by atoms with Gasteiger partial charge in [0.15, 0.2) is 17.3 Å². The van der Waals surface area contributed by atoms with Crippen molar-refractivity contribution in [1.29, 1.82) is 0 Å². The molecular weight excluding hydrogens is 384 g/mol. The number of nitrogens with one attached hydrogen (secondary N) is 2. The molecule has 0 aromatic heterocycles. The quantitative estimate of drug-likeness (QED) is 0.448. The third-order valence-electron chi connectivity index (χ3n) is 4.34. The molecule has 0 saturated carbocycles. The van der Waals surface area contributed by atoms with Crippen LogP contribution < -0.4 is 20.1 Å². The number of anilines is 2. The zero-order chi connectivity index (χ0) is 22.1. The average molecular weight is 412 g/mol. The van der Waals surface area contributed by atoms with Crippen molar-refractivity contribution in [1.82, 2.24) is 0 Å². The van der Waals surface area contributed by atoms with Crippen molar-refractivity contribution in [2.75, 3.05) is 24.4 Å². The molecule has 2 rings (SSSR count). The van der Waals surface area contributed by atoms with E-state index in [4.69, 9.17) is 9.47 Å². The van der Waals surface area contributed by atoms with Crippen LogP contribution in [0.1, 0.15) is 44.0 Å². The molecule has 30 heavy (non-hydrogen) atoms. The van der Waals surface area contributed by atoms with Gasteiger partial charge in [-0.2, -0.15) is 0 Å². The third-order valence-corrected chi connectivity index (χ3v) is 4.34. The monoisotopic (exact) mass is 412 g/mol. The smallest absolute Gasteiger partial charge is 0.226 e. The van der Waals surface area contributed by atoms with Crippen molar-refractivity contribution in [3.8, 4) is 11.5 Å². The lowest BCUT2D eigenvalue weighted by molar-refractivity contribution is -0.119. The minimum atomic E-state index is -0.128. The van der Waals surface area contributed by atoms with Crippen molar-refractivity contribution in [3.63, 3.8) is 0 Å². The Balaban J connectivity index is 1.77. The summed E-state index contributed by atoms with van der Waals surface area (Å²) < 4.78 is 10.9. The van der Waals surface area contributed by atoms with E-state index < -0.39 is 0 Å². The zero-order valence-corrected chi connectivity index (χ0v) is 17.8. The molecule has 0 fully saturated rings. The predicted molar refractivity (Wildman–Crippen MR) is 116 cm³/mol. The Bertz CT molecular complexity index is 891. The first kappa shape index (κ1) is 22.9. The molecule has 0 aliphatic carbocycles. The van der Waals surface area contributed by atoms with E-state index in [0.717, 1.165) is 0 Å². The molecule has 0 aliphatic heterocycles. The summed E-state index contributed by atoms with van der Waals surface area (Å²) in [5, 5.41) is 5.62. The highest BCUT2D eigenvalue weighted by Crippen LogP contribution is 2.28. The fourth-order valence-corrected chi connectivity index (χ4v) is 2.57. The van der Waals surface area contributed by atoms with Gasteiger partial charge in [0.25, 0.3) is 0 Å². The van der Waals surface area contributed by atoms with E-state index in [0.29, 0.717) is 47.9 Å². The maximum atomic E-state index is 12.1. The van der Waals surface area contributed by atoms with Crippen LogP contribution >= 0.6 is 0 Å². The van der Waals surface area contributed by atoms with E-state index >= 15 is 0 Å². The number of amides is 2.